The van der Waals surface area contributed by atoms with Crippen molar-refractivity contribution in [2.24, 2.45) is 17.8 Å². The highest BCUT2D eigenvalue weighted by atomic mass is 16.2. The molecule has 5 rings (SSSR count). The van der Waals surface area contributed by atoms with Gasteiger partial charge in [-0.25, -0.2) is 9.97 Å². The molecule has 0 N–H and O–H groups in total. The molecule has 1 aromatic heterocycles. The summed E-state index contributed by atoms with van der Waals surface area (Å²) in [7, 11) is 0. The molecule has 3 heterocycles. The van der Waals surface area contributed by atoms with Crippen molar-refractivity contribution in [2.45, 2.75) is 57.9 Å². The van der Waals surface area contributed by atoms with Gasteiger partial charge in [0.15, 0.2) is 0 Å². The molecule has 6 heteroatoms. The number of rotatable bonds is 2. The molecular formula is C21H28N4O2. The second kappa shape index (κ2) is 6.57. The topological polar surface area (TPSA) is 66.4 Å². The molecule has 27 heavy (non-hydrogen) atoms. The van der Waals surface area contributed by atoms with Gasteiger partial charge in [0.25, 0.3) is 0 Å². The highest BCUT2D eigenvalue weighted by Gasteiger charge is 2.55. The predicted octanol–water partition coefficient (Wildman–Crippen LogP) is 2.13. The van der Waals surface area contributed by atoms with Crippen molar-refractivity contribution in [2.75, 3.05) is 19.6 Å². The summed E-state index contributed by atoms with van der Waals surface area (Å²) in [5.74, 6) is 3.24. The molecule has 3 fully saturated rings. The Labute approximate surface area is 160 Å². The fourth-order valence-corrected chi connectivity index (χ4v) is 5.54. The lowest BCUT2D eigenvalue weighted by molar-refractivity contribution is -0.134. The van der Waals surface area contributed by atoms with E-state index in [9.17, 15) is 9.59 Å². The number of nitrogens with zero attached hydrogens (tertiary/aromatic N) is 4. The normalized spacial score (nSPS) is 32.0. The number of amides is 2. The zero-order valence-corrected chi connectivity index (χ0v) is 16.1. The third kappa shape index (κ3) is 3.03. The summed E-state index contributed by atoms with van der Waals surface area (Å²) < 4.78 is 0. The summed E-state index contributed by atoms with van der Waals surface area (Å²) in [5.41, 5.74) is 2.20. The first-order valence-electron chi connectivity index (χ1n) is 10.5. The standard InChI is InChI=1S/C21H28N4O2/c1-13(26)24-8-6-14(11-24)20-22-10-15-12-25(9-7-18(15)23-20)21(27)19-16-4-2-3-5-17(16)19/h10,14,16-17,19H,2-9,11-12H2,1H3/t14-,16-,17+,19?/m1/s1. The fraction of sp³-hybridized carbons (Fsp3) is 0.714. The molecule has 1 saturated heterocycles. The summed E-state index contributed by atoms with van der Waals surface area (Å²) in [6, 6.07) is 0. The zero-order chi connectivity index (χ0) is 18.5. The summed E-state index contributed by atoms with van der Waals surface area (Å²) in [5, 5.41) is 0. The van der Waals surface area contributed by atoms with Gasteiger partial charge in [-0.05, 0) is 31.1 Å². The average Bonchev–Trinajstić information content (AvgIpc) is 3.19. The fourth-order valence-electron chi connectivity index (χ4n) is 5.54. The summed E-state index contributed by atoms with van der Waals surface area (Å²) >= 11 is 0. The van der Waals surface area contributed by atoms with E-state index in [0.717, 1.165) is 49.6 Å². The lowest BCUT2D eigenvalue weighted by Crippen LogP contribution is -2.38. The number of hydrogen-bond donors (Lipinski definition) is 0. The van der Waals surface area contributed by atoms with Gasteiger partial charge in [0.1, 0.15) is 5.82 Å². The van der Waals surface area contributed by atoms with Crippen LogP contribution in [-0.2, 0) is 22.6 Å². The van der Waals surface area contributed by atoms with Crippen molar-refractivity contribution in [1.29, 1.82) is 0 Å². The van der Waals surface area contributed by atoms with E-state index < -0.39 is 0 Å². The van der Waals surface area contributed by atoms with E-state index in [1.54, 1.807) is 6.92 Å². The first kappa shape index (κ1) is 17.1. The van der Waals surface area contributed by atoms with Crippen LogP contribution in [0.15, 0.2) is 6.20 Å². The number of carbonyl (C=O) groups is 2. The molecule has 144 valence electrons. The van der Waals surface area contributed by atoms with Crippen LogP contribution in [0.5, 0.6) is 0 Å². The maximum atomic E-state index is 13.0. The first-order chi connectivity index (χ1) is 13.1. The maximum Gasteiger partial charge on any atom is 0.226 e. The minimum Gasteiger partial charge on any atom is -0.342 e. The second-order valence-electron chi connectivity index (χ2n) is 8.80. The van der Waals surface area contributed by atoms with Crippen molar-refractivity contribution in [1.82, 2.24) is 19.8 Å². The first-order valence-corrected chi connectivity index (χ1v) is 10.5. The van der Waals surface area contributed by atoms with E-state index in [2.05, 4.69) is 4.98 Å². The van der Waals surface area contributed by atoms with Gasteiger partial charge < -0.3 is 9.80 Å². The summed E-state index contributed by atoms with van der Waals surface area (Å²) in [6.45, 7) is 4.59. The van der Waals surface area contributed by atoms with Gasteiger partial charge in [-0.3, -0.25) is 9.59 Å². The van der Waals surface area contributed by atoms with Gasteiger partial charge in [0.2, 0.25) is 11.8 Å². The van der Waals surface area contributed by atoms with Crippen LogP contribution in [0, 0.1) is 17.8 Å². The van der Waals surface area contributed by atoms with Crippen molar-refractivity contribution < 1.29 is 9.59 Å². The minimum absolute atomic E-state index is 0.130. The molecule has 2 aliphatic carbocycles. The summed E-state index contributed by atoms with van der Waals surface area (Å²) in [4.78, 5) is 37.9. The van der Waals surface area contributed by atoms with Crippen molar-refractivity contribution in [3.8, 4) is 0 Å². The van der Waals surface area contributed by atoms with E-state index in [0.29, 0.717) is 30.2 Å². The quantitative estimate of drug-likeness (QED) is 0.802. The summed E-state index contributed by atoms with van der Waals surface area (Å²) in [6.07, 6.45) is 8.77. The molecule has 0 radical (unpaired) electrons. The maximum absolute atomic E-state index is 13.0. The van der Waals surface area contributed by atoms with Crippen molar-refractivity contribution in [3.05, 3.63) is 23.3 Å². The Kier molecular flexibility index (Phi) is 4.17. The number of aromatic nitrogens is 2. The molecule has 2 amide bonds. The molecule has 2 saturated carbocycles. The Hall–Kier alpha value is -1.98. The Morgan fingerprint density at radius 1 is 1.07 bits per heavy atom. The van der Waals surface area contributed by atoms with Crippen LogP contribution >= 0.6 is 0 Å². The van der Waals surface area contributed by atoms with Crippen LogP contribution < -0.4 is 0 Å². The van der Waals surface area contributed by atoms with Crippen molar-refractivity contribution in [3.63, 3.8) is 0 Å². The largest absolute Gasteiger partial charge is 0.342 e. The Morgan fingerprint density at radius 2 is 1.85 bits per heavy atom. The van der Waals surface area contributed by atoms with E-state index in [1.807, 2.05) is 16.0 Å². The van der Waals surface area contributed by atoms with E-state index in [4.69, 9.17) is 4.98 Å². The molecule has 0 spiro atoms. The highest BCUT2D eigenvalue weighted by Crippen LogP contribution is 2.56. The third-order valence-electron chi connectivity index (χ3n) is 7.20. The smallest absolute Gasteiger partial charge is 0.226 e. The molecule has 0 aromatic carbocycles. The SMILES string of the molecule is CC(=O)N1CC[C@@H](c2ncc3c(n2)CCN(C(=O)C2[C@H]4CCCC[C@@H]24)C3)C1. The highest BCUT2D eigenvalue weighted by molar-refractivity contribution is 5.82. The van der Waals surface area contributed by atoms with Crippen LogP contribution in [0.1, 0.15) is 62.0 Å². The van der Waals surface area contributed by atoms with E-state index in [-0.39, 0.29) is 11.8 Å². The second-order valence-corrected chi connectivity index (χ2v) is 8.80. The lowest BCUT2D eigenvalue weighted by Gasteiger charge is -2.29. The molecule has 4 atom stereocenters. The van der Waals surface area contributed by atoms with Gasteiger partial charge in [-0.2, -0.15) is 0 Å². The Morgan fingerprint density at radius 3 is 2.56 bits per heavy atom. The third-order valence-corrected chi connectivity index (χ3v) is 7.20. The monoisotopic (exact) mass is 368 g/mol. The van der Waals surface area contributed by atoms with E-state index >= 15 is 0 Å². The molecular weight excluding hydrogens is 340 g/mol. The van der Waals surface area contributed by atoms with Gasteiger partial charge >= 0.3 is 0 Å². The molecule has 6 nitrogen and oxygen atoms in total. The number of carbonyl (C=O) groups excluding carboxylic acids is 2. The molecule has 4 aliphatic rings. The van der Waals surface area contributed by atoms with Gasteiger partial charge in [0, 0.05) is 63.1 Å². The minimum atomic E-state index is 0.130. The van der Waals surface area contributed by atoms with Crippen LogP contribution in [-0.4, -0.2) is 51.2 Å². The zero-order valence-electron chi connectivity index (χ0n) is 16.1. The van der Waals surface area contributed by atoms with Crippen LogP contribution in [0.25, 0.3) is 0 Å². The van der Waals surface area contributed by atoms with Crippen LogP contribution in [0.2, 0.25) is 0 Å². The Balaban J connectivity index is 1.26. The predicted molar refractivity (Wildman–Crippen MR) is 99.7 cm³/mol. The van der Waals surface area contributed by atoms with E-state index in [1.165, 1.54) is 25.7 Å². The molecule has 2 aliphatic heterocycles. The van der Waals surface area contributed by atoms with Gasteiger partial charge in [-0.1, -0.05) is 12.8 Å². The molecule has 1 aromatic rings. The lowest BCUT2D eigenvalue weighted by atomic mass is 10.0. The van der Waals surface area contributed by atoms with Gasteiger partial charge in [0.05, 0.1) is 5.69 Å². The van der Waals surface area contributed by atoms with Crippen LogP contribution in [0.3, 0.4) is 0 Å². The van der Waals surface area contributed by atoms with Crippen LogP contribution in [0.4, 0.5) is 0 Å². The van der Waals surface area contributed by atoms with Gasteiger partial charge in [-0.15, -0.1) is 0 Å². The van der Waals surface area contributed by atoms with Crippen molar-refractivity contribution >= 4 is 11.8 Å². The molecule has 0 bridgehead atoms. The molecule has 1 unspecified atom stereocenters. The average molecular weight is 368 g/mol. The number of hydrogen-bond acceptors (Lipinski definition) is 4. The number of likely N-dealkylation sites (tertiary alicyclic amines) is 1. The Bertz CT molecular complexity index is 767. The number of fused-ring (bicyclic) bond motifs is 2.